The van der Waals surface area contributed by atoms with Crippen LogP contribution in [0.5, 0.6) is 11.5 Å². The van der Waals surface area contributed by atoms with E-state index in [0.717, 1.165) is 22.1 Å². The normalized spacial score (nSPS) is 17.5. The summed E-state index contributed by atoms with van der Waals surface area (Å²) >= 11 is 5.00. The van der Waals surface area contributed by atoms with Crippen molar-refractivity contribution in [3.8, 4) is 11.5 Å². The van der Waals surface area contributed by atoms with Crippen LogP contribution >= 0.6 is 27.7 Å². The predicted molar refractivity (Wildman–Crippen MR) is 119 cm³/mol. The number of ether oxygens (including phenoxy) is 2. The fraction of sp³-hybridized carbons (Fsp3) is 0.286. The highest BCUT2D eigenvalue weighted by molar-refractivity contribution is 9.10. The van der Waals surface area contributed by atoms with Gasteiger partial charge in [0.25, 0.3) is 5.91 Å². The maximum Gasteiger partial charge on any atom is 0.260 e. The molecule has 1 aliphatic rings. The molecule has 28 heavy (non-hydrogen) atoms. The SMILES string of the molecule is CCOc1cc(/C=C2\S[C@H](Nc3ccc(CC)cc3)NC2=O)c(Br)cc1OC. The van der Waals surface area contributed by atoms with E-state index in [1.54, 1.807) is 7.11 Å². The van der Waals surface area contributed by atoms with Gasteiger partial charge in [-0.15, -0.1) is 0 Å². The Balaban J connectivity index is 1.77. The van der Waals surface area contributed by atoms with Gasteiger partial charge < -0.3 is 20.1 Å². The molecule has 0 saturated carbocycles. The van der Waals surface area contributed by atoms with Crippen molar-refractivity contribution in [1.82, 2.24) is 5.32 Å². The van der Waals surface area contributed by atoms with E-state index < -0.39 is 0 Å². The van der Waals surface area contributed by atoms with Crippen LogP contribution in [0.3, 0.4) is 0 Å². The van der Waals surface area contributed by atoms with Gasteiger partial charge in [-0.1, -0.05) is 46.7 Å². The van der Waals surface area contributed by atoms with Gasteiger partial charge >= 0.3 is 0 Å². The van der Waals surface area contributed by atoms with Crippen LogP contribution in [0, 0.1) is 0 Å². The molecule has 3 rings (SSSR count). The average molecular weight is 463 g/mol. The summed E-state index contributed by atoms with van der Waals surface area (Å²) < 4.78 is 11.8. The second-order valence-electron chi connectivity index (χ2n) is 6.13. The Bertz CT molecular complexity index is 884. The second-order valence-corrected chi connectivity index (χ2v) is 8.13. The molecule has 1 aliphatic heterocycles. The largest absolute Gasteiger partial charge is 0.493 e. The summed E-state index contributed by atoms with van der Waals surface area (Å²) in [7, 11) is 1.60. The molecule has 0 aromatic heterocycles. The van der Waals surface area contributed by atoms with Crippen LogP contribution in [0.25, 0.3) is 6.08 Å². The Hall–Kier alpha value is -2.12. The number of methoxy groups -OCH3 is 1. The van der Waals surface area contributed by atoms with E-state index in [1.165, 1.54) is 17.3 Å². The lowest BCUT2D eigenvalue weighted by atomic mass is 10.1. The quantitative estimate of drug-likeness (QED) is 0.565. The van der Waals surface area contributed by atoms with Crippen molar-refractivity contribution in [3.05, 3.63) is 56.9 Å². The first-order chi connectivity index (χ1) is 13.5. The summed E-state index contributed by atoms with van der Waals surface area (Å²) in [4.78, 5) is 13.0. The van der Waals surface area contributed by atoms with Crippen molar-refractivity contribution in [2.24, 2.45) is 0 Å². The summed E-state index contributed by atoms with van der Waals surface area (Å²) in [5.74, 6) is 1.19. The number of amides is 1. The Morgan fingerprint density at radius 1 is 1.21 bits per heavy atom. The molecule has 0 aliphatic carbocycles. The molecule has 0 radical (unpaired) electrons. The van der Waals surface area contributed by atoms with E-state index in [-0.39, 0.29) is 11.4 Å². The van der Waals surface area contributed by atoms with Gasteiger partial charge in [0, 0.05) is 10.2 Å². The fourth-order valence-corrected chi connectivity index (χ4v) is 4.20. The summed E-state index contributed by atoms with van der Waals surface area (Å²) in [6.45, 7) is 4.58. The second kappa shape index (κ2) is 9.39. The Kier molecular flexibility index (Phi) is 6.91. The molecule has 0 unspecified atom stereocenters. The molecule has 1 heterocycles. The minimum atomic E-state index is -0.213. The molecular formula is C21H23BrN2O3S. The van der Waals surface area contributed by atoms with E-state index in [1.807, 2.05) is 37.3 Å². The van der Waals surface area contributed by atoms with Gasteiger partial charge in [0.05, 0.1) is 18.6 Å². The first-order valence-corrected chi connectivity index (χ1v) is 10.8. The van der Waals surface area contributed by atoms with Crippen molar-refractivity contribution in [2.45, 2.75) is 25.8 Å². The number of hydrogen-bond acceptors (Lipinski definition) is 5. The standard InChI is InChI=1S/C21H23BrN2O3S/c1-4-13-6-8-15(9-7-13)23-21-24-20(25)19(28-21)11-14-10-18(27-5-2)17(26-3)12-16(14)22/h6-12,21,23H,4-5H2,1-3H3,(H,24,25)/b19-11-/t21-/m1/s1. The number of hydrogen-bond donors (Lipinski definition) is 2. The van der Waals surface area contributed by atoms with Gasteiger partial charge in [0.15, 0.2) is 17.0 Å². The summed E-state index contributed by atoms with van der Waals surface area (Å²) in [6, 6.07) is 12.0. The molecule has 1 atom stereocenters. The smallest absolute Gasteiger partial charge is 0.260 e. The minimum Gasteiger partial charge on any atom is -0.493 e. The minimum absolute atomic E-state index is 0.103. The third-order valence-electron chi connectivity index (χ3n) is 4.26. The predicted octanol–water partition coefficient (Wildman–Crippen LogP) is 5.02. The number of carbonyl (C=O) groups is 1. The molecule has 1 saturated heterocycles. The van der Waals surface area contributed by atoms with Crippen LogP contribution in [0.2, 0.25) is 0 Å². The van der Waals surface area contributed by atoms with Crippen LogP contribution in [0.15, 0.2) is 45.8 Å². The number of anilines is 1. The number of thioether (sulfide) groups is 1. The van der Waals surface area contributed by atoms with Gasteiger partial charge in [-0.05, 0) is 54.8 Å². The zero-order valence-electron chi connectivity index (χ0n) is 16.0. The van der Waals surface area contributed by atoms with Crippen LogP contribution < -0.4 is 20.1 Å². The zero-order chi connectivity index (χ0) is 20.1. The van der Waals surface area contributed by atoms with Crippen molar-refractivity contribution in [1.29, 1.82) is 0 Å². The summed E-state index contributed by atoms with van der Waals surface area (Å²) in [5.41, 5.74) is 2.90. The molecule has 0 spiro atoms. The van der Waals surface area contributed by atoms with Gasteiger partial charge in [-0.25, -0.2) is 0 Å². The first kappa shape index (κ1) is 20.6. The maximum atomic E-state index is 12.4. The molecule has 1 fully saturated rings. The number of nitrogens with one attached hydrogen (secondary N) is 2. The monoisotopic (exact) mass is 462 g/mol. The summed E-state index contributed by atoms with van der Waals surface area (Å²) in [6.07, 6.45) is 2.86. The van der Waals surface area contributed by atoms with E-state index in [2.05, 4.69) is 45.6 Å². The van der Waals surface area contributed by atoms with Gasteiger partial charge in [0.1, 0.15) is 0 Å². The molecule has 2 N–H and O–H groups in total. The van der Waals surface area contributed by atoms with Crippen LogP contribution in [-0.4, -0.2) is 25.1 Å². The number of benzene rings is 2. The van der Waals surface area contributed by atoms with E-state index in [0.29, 0.717) is 23.0 Å². The lowest BCUT2D eigenvalue weighted by molar-refractivity contribution is -0.116. The number of carbonyl (C=O) groups excluding carboxylic acids is 1. The highest BCUT2D eigenvalue weighted by atomic mass is 79.9. The molecular weight excluding hydrogens is 440 g/mol. The van der Waals surface area contributed by atoms with Crippen molar-refractivity contribution < 1.29 is 14.3 Å². The lowest BCUT2D eigenvalue weighted by Gasteiger charge is -2.13. The van der Waals surface area contributed by atoms with Crippen LogP contribution in [0.4, 0.5) is 5.69 Å². The maximum absolute atomic E-state index is 12.4. The first-order valence-electron chi connectivity index (χ1n) is 9.09. The van der Waals surface area contributed by atoms with E-state index >= 15 is 0 Å². The topological polar surface area (TPSA) is 59.6 Å². The number of rotatable bonds is 7. The Morgan fingerprint density at radius 3 is 2.61 bits per heavy atom. The zero-order valence-corrected chi connectivity index (χ0v) is 18.4. The van der Waals surface area contributed by atoms with Crippen LogP contribution in [-0.2, 0) is 11.2 Å². The molecule has 2 aromatic carbocycles. The van der Waals surface area contributed by atoms with Gasteiger partial charge in [-0.3, -0.25) is 4.79 Å². The Morgan fingerprint density at radius 2 is 1.96 bits per heavy atom. The average Bonchev–Trinajstić information content (AvgIpc) is 3.03. The van der Waals surface area contributed by atoms with Crippen molar-refractivity contribution >= 4 is 45.4 Å². The summed E-state index contributed by atoms with van der Waals surface area (Å²) in [5, 5.41) is 6.29. The fourth-order valence-electron chi connectivity index (χ4n) is 2.78. The van der Waals surface area contributed by atoms with E-state index in [9.17, 15) is 4.79 Å². The molecule has 0 bridgehead atoms. The number of halogens is 1. The highest BCUT2D eigenvalue weighted by Crippen LogP contribution is 2.37. The lowest BCUT2D eigenvalue weighted by Crippen LogP contribution is -2.30. The number of aryl methyl sites for hydroxylation is 1. The molecule has 2 aromatic rings. The third-order valence-corrected chi connectivity index (χ3v) is 5.98. The highest BCUT2D eigenvalue weighted by Gasteiger charge is 2.27. The van der Waals surface area contributed by atoms with Crippen LogP contribution in [0.1, 0.15) is 25.0 Å². The molecule has 148 valence electrons. The molecule has 1 amide bonds. The molecule has 7 heteroatoms. The Labute approximate surface area is 178 Å². The third kappa shape index (κ3) is 4.83. The van der Waals surface area contributed by atoms with Crippen molar-refractivity contribution in [3.63, 3.8) is 0 Å². The molecule has 5 nitrogen and oxygen atoms in total. The van der Waals surface area contributed by atoms with E-state index in [4.69, 9.17) is 9.47 Å². The van der Waals surface area contributed by atoms with Gasteiger partial charge in [0.2, 0.25) is 0 Å². The van der Waals surface area contributed by atoms with Gasteiger partial charge in [-0.2, -0.15) is 0 Å². The van der Waals surface area contributed by atoms with Crippen molar-refractivity contribution in [2.75, 3.05) is 19.0 Å².